The molecule has 0 radical (unpaired) electrons. The summed E-state index contributed by atoms with van der Waals surface area (Å²) in [5.41, 5.74) is 3.92. The molecule has 0 bridgehead atoms. The van der Waals surface area contributed by atoms with Crippen molar-refractivity contribution in [2.24, 2.45) is 13.0 Å². The first-order valence-electron chi connectivity index (χ1n) is 8.56. The molecule has 5 heteroatoms. The fourth-order valence-corrected chi connectivity index (χ4v) is 3.55. The van der Waals surface area contributed by atoms with Gasteiger partial charge in [-0.3, -0.25) is 9.58 Å². The minimum Gasteiger partial charge on any atom is -0.396 e. The van der Waals surface area contributed by atoms with E-state index in [0.717, 1.165) is 37.3 Å². The molecule has 1 aliphatic rings. The van der Waals surface area contributed by atoms with Crippen LogP contribution in [0, 0.1) is 17.2 Å². The average Bonchev–Trinajstić information content (AvgIpc) is 2.96. The van der Waals surface area contributed by atoms with Crippen LogP contribution in [0.25, 0.3) is 11.3 Å². The topological polar surface area (TPSA) is 65.1 Å². The van der Waals surface area contributed by atoms with Gasteiger partial charge in [0, 0.05) is 44.1 Å². The lowest BCUT2D eigenvalue weighted by Crippen LogP contribution is -2.35. The zero-order valence-corrected chi connectivity index (χ0v) is 14.1. The SMILES string of the molecule is Cn1cc(CN2CCCC(CCO)C2)c(-c2ccc(C#N)cc2)n1. The minimum absolute atomic E-state index is 0.280. The maximum atomic E-state index is 9.18. The Labute approximate surface area is 143 Å². The van der Waals surface area contributed by atoms with Crippen molar-refractivity contribution in [3.8, 4) is 17.3 Å². The Balaban J connectivity index is 1.77. The van der Waals surface area contributed by atoms with Gasteiger partial charge < -0.3 is 5.11 Å². The number of nitriles is 1. The van der Waals surface area contributed by atoms with E-state index in [9.17, 15) is 5.11 Å². The highest BCUT2D eigenvalue weighted by molar-refractivity contribution is 5.63. The molecule has 1 fully saturated rings. The van der Waals surface area contributed by atoms with Crippen LogP contribution in [-0.2, 0) is 13.6 Å². The van der Waals surface area contributed by atoms with Gasteiger partial charge in [-0.15, -0.1) is 0 Å². The number of aromatic nitrogens is 2. The van der Waals surface area contributed by atoms with E-state index in [1.165, 1.54) is 18.4 Å². The van der Waals surface area contributed by atoms with Crippen molar-refractivity contribution >= 4 is 0 Å². The Morgan fingerprint density at radius 2 is 2.12 bits per heavy atom. The number of aliphatic hydroxyl groups excluding tert-OH is 1. The van der Waals surface area contributed by atoms with Crippen molar-refractivity contribution < 1.29 is 5.11 Å². The molecule has 2 aromatic rings. The van der Waals surface area contributed by atoms with Gasteiger partial charge in [0.15, 0.2) is 0 Å². The lowest BCUT2D eigenvalue weighted by molar-refractivity contribution is 0.142. The standard InChI is InChI=1S/C19H24N4O/c1-22-13-18(14-23-9-2-3-16(12-23)8-10-24)19(21-22)17-6-4-15(11-20)5-7-17/h4-7,13,16,24H,2-3,8-10,12,14H2,1H3. The molecule has 2 heterocycles. The fourth-order valence-electron chi connectivity index (χ4n) is 3.55. The van der Waals surface area contributed by atoms with E-state index in [-0.39, 0.29) is 6.61 Å². The Morgan fingerprint density at radius 3 is 2.83 bits per heavy atom. The number of rotatable bonds is 5. The van der Waals surface area contributed by atoms with Crippen molar-refractivity contribution in [1.82, 2.24) is 14.7 Å². The highest BCUT2D eigenvalue weighted by Crippen LogP contribution is 2.26. The summed E-state index contributed by atoms with van der Waals surface area (Å²) in [5.74, 6) is 0.596. The number of aliphatic hydroxyl groups is 1. The van der Waals surface area contributed by atoms with Crippen LogP contribution >= 0.6 is 0 Å². The minimum atomic E-state index is 0.280. The number of likely N-dealkylation sites (tertiary alicyclic amines) is 1. The molecule has 3 rings (SSSR count). The van der Waals surface area contributed by atoms with Crippen molar-refractivity contribution in [3.05, 3.63) is 41.6 Å². The second-order valence-corrected chi connectivity index (χ2v) is 6.62. The van der Waals surface area contributed by atoms with Gasteiger partial charge in [-0.05, 0) is 43.9 Å². The Morgan fingerprint density at radius 1 is 1.33 bits per heavy atom. The summed E-state index contributed by atoms with van der Waals surface area (Å²) in [7, 11) is 1.95. The van der Waals surface area contributed by atoms with E-state index in [1.54, 1.807) is 0 Å². The zero-order chi connectivity index (χ0) is 16.9. The number of hydrogen-bond donors (Lipinski definition) is 1. The summed E-state index contributed by atoms with van der Waals surface area (Å²) in [6.07, 6.45) is 5.39. The van der Waals surface area contributed by atoms with Crippen LogP contribution in [0.3, 0.4) is 0 Å². The van der Waals surface area contributed by atoms with E-state index in [2.05, 4.69) is 22.3 Å². The monoisotopic (exact) mass is 324 g/mol. The Bertz CT molecular complexity index is 712. The molecule has 0 amide bonds. The molecular weight excluding hydrogens is 300 g/mol. The van der Waals surface area contributed by atoms with Gasteiger partial charge in [0.05, 0.1) is 17.3 Å². The molecule has 1 unspecified atom stereocenters. The number of piperidine rings is 1. The van der Waals surface area contributed by atoms with Crippen LogP contribution in [-0.4, -0.2) is 39.5 Å². The summed E-state index contributed by atoms with van der Waals surface area (Å²) in [6.45, 7) is 3.30. The summed E-state index contributed by atoms with van der Waals surface area (Å²) < 4.78 is 1.86. The number of hydrogen-bond acceptors (Lipinski definition) is 4. The quantitative estimate of drug-likeness (QED) is 0.918. The van der Waals surface area contributed by atoms with Gasteiger partial charge in [-0.25, -0.2) is 0 Å². The summed E-state index contributed by atoms with van der Waals surface area (Å²) in [6, 6.07) is 9.77. The second kappa shape index (κ2) is 7.61. The van der Waals surface area contributed by atoms with E-state index in [4.69, 9.17) is 5.26 Å². The number of nitrogens with zero attached hydrogens (tertiary/aromatic N) is 4. The highest BCUT2D eigenvalue weighted by Gasteiger charge is 2.21. The lowest BCUT2D eigenvalue weighted by atomic mass is 9.94. The molecule has 0 aliphatic carbocycles. The lowest BCUT2D eigenvalue weighted by Gasteiger charge is -2.32. The van der Waals surface area contributed by atoms with Gasteiger partial charge in [0.2, 0.25) is 0 Å². The van der Waals surface area contributed by atoms with E-state index >= 15 is 0 Å². The van der Waals surface area contributed by atoms with Crippen molar-refractivity contribution in [2.45, 2.75) is 25.8 Å². The predicted octanol–water partition coefficient (Wildman–Crippen LogP) is 2.55. The first-order chi connectivity index (χ1) is 11.7. The third-order valence-corrected chi connectivity index (χ3v) is 4.73. The van der Waals surface area contributed by atoms with Crippen LogP contribution in [0.4, 0.5) is 0 Å². The van der Waals surface area contributed by atoms with Gasteiger partial charge in [-0.1, -0.05) is 12.1 Å². The Hall–Kier alpha value is -2.16. The third-order valence-electron chi connectivity index (χ3n) is 4.73. The van der Waals surface area contributed by atoms with E-state index in [0.29, 0.717) is 11.5 Å². The van der Waals surface area contributed by atoms with Crippen LogP contribution < -0.4 is 0 Å². The fraction of sp³-hybridized carbons (Fsp3) is 0.474. The zero-order valence-electron chi connectivity index (χ0n) is 14.1. The van der Waals surface area contributed by atoms with Gasteiger partial charge in [0.25, 0.3) is 0 Å². The molecule has 1 aliphatic heterocycles. The third kappa shape index (κ3) is 3.84. The largest absolute Gasteiger partial charge is 0.396 e. The van der Waals surface area contributed by atoms with Crippen LogP contribution in [0.5, 0.6) is 0 Å². The average molecular weight is 324 g/mol. The van der Waals surface area contributed by atoms with Gasteiger partial charge >= 0.3 is 0 Å². The van der Waals surface area contributed by atoms with Crippen molar-refractivity contribution in [2.75, 3.05) is 19.7 Å². The van der Waals surface area contributed by atoms with Crippen molar-refractivity contribution in [3.63, 3.8) is 0 Å². The Kier molecular flexibility index (Phi) is 5.29. The number of aryl methyl sites for hydroxylation is 1. The molecule has 1 N–H and O–H groups in total. The smallest absolute Gasteiger partial charge is 0.0991 e. The molecule has 0 saturated carbocycles. The summed E-state index contributed by atoms with van der Waals surface area (Å²) >= 11 is 0. The molecule has 1 aromatic carbocycles. The highest BCUT2D eigenvalue weighted by atomic mass is 16.3. The maximum absolute atomic E-state index is 9.18. The summed E-state index contributed by atoms with van der Waals surface area (Å²) in [5, 5.41) is 22.8. The van der Waals surface area contributed by atoms with Gasteiger partial charge in [0.1, 0.15) is 0 Å². The van der Waals surface area contributed by atoms with Crippen molar-refractivity contribution in [1.29, 1.82) is 5.26 Å². The molecule has 1 atom stereocenters. The summed E-state index contributed by atoms with van der Waals surface area (Å²) in [4.78, 5) is 2.47. The first-order valence-corrected chi connectivity index (χ1v) is 8.56. The molecular formula is C19H24N4O. The molecule has 0 spiro atoms. The predicted molar refractivity (Wildman–Crippen MR) is 93.1 cm³/mol. The van der Waals surface area contributed by atoms with Crippen LogP contribution in [0.1, 0.15) is 30.4 Å². The van der Waals surface area contributed by atoms with Gasteiger partial charge in [-0.2, -0.15) is 10.4 Å². The van der Waals surface area contributed by atoms with E-state index < -0.39 is 0 Å². The number of benzene rings is 1. The molecule has 1 aromatic heterocycles. The van der Waals surface area contributed by atoms with Crippen LogP contribution in [0.2, 0.25) is 0 Å². The maximum Gasteiger partial charge on any atom is 0.0991 e. The molecule has 1 saturated heterocycles. The second-order valence-electron chi connectivity index (χ2n) is 6.62. The molecule has 126 valence electrons. The molecule has 5 nitrogen and oxygen atoms in total. The molecule has 24 heavy (non-hydrogen) atoms. The van der Waals surface area contributed by atoms with Crippen LogP contribution in [0.15, 0.2) is 30.5 Å². The normalized spacial score (nSPS) is 18.5. The first kappa shape index (κ1) is 16.7. The van der Waals surface area contributed by atoms with E-state index in [1.807, 2.05) is 36.0 Å².